The molecule has 10 heteroatoms. The number of nitrogens with zero attached hydrogens (tertiary/aromatic N) is 1. The average Bonchev–Trinajstić information content (AvgIpc) is 3.57. The van der Waals surface area contributed by atoms with Crippen molar-refractivity contribution in [2.45, 2.75) is 83.8 Å². The predicted octanol–water partition coefficient (Wildman–Crippen LogP) is 5.40. The van der Waals surface area contributed by atoms with Gasteiger partial charge in [-0.1, -0.05) is 37.6 Å². The number of ether oxygens (including phenoxy) is 6. The van der Waals surface area contributed by atoms with Gasteiger partial charge in [-0.2, -0.15) is 0 Å². The Morgan fingerprint density at radius 2 is 1.76 bits per heavy atom. The first-order valence-electron chi connectivity index (χ1n) is 14.7. The van der Waals surface area contributed by atoms with Crippen LogP contribution in [0.5, 0.6) is 0 Å². The number of nitrogens with one attached hydrogen (secondary N) is 2. The molecule has 2 aromatic rings. The molecule has 0 bridgehead atoms. The highest BCUT2D eigenvalue weighted by Gasteiger charge is 2.61. The van der Waals surface area contributed by atoms with Crippen molar-refractivity contribution in [2.24, 2.45) is 11.3 Å². The fourth-order valence-electron chi connectivity index (χ4n) is 6.10. The van der Waals surface area contributed by atoms with Crippen LogP contribution >= 0.6 is 11.6 Å². The summed E-state index contributed by atoms with van der Waals surface area (Å²) in [5.74, 6) is -0.438. The molecule has 1 aromatic heterocycles. The maximum Gasteiger partial charge on any atom is 0.190 e. The lowest BCUT2D eigenvalue weighted by Gasteiger charge is -2.43. The van der Waals surface area contributed by atoms with Crippen molar-refractivity contribution in [2.75, 3.05) is 31.6 Å². The van der Waals surface area contributed by atoms with Gasteiger partial charge in [-0.15, -0.1) is 0 Å². The lowest BCUT2D eigenvalue weighted by molar-refractivity contribution is -0.347. The first-order chi connectivity index (χ1) is 19.9. The van der Waals surface area contributed by atoms with E-state index in [4.69, 9.17) is 40.0 Å². The molecule has 6 rings (SSSR count). The summed E-state index contributed by atoms with van der Waals surface area (Å²) in [6.45, 7) is 14.8. The fraction of sp³-hybridized carbons (Fsp3) is 0.594. The molecule has 3 aliphatic heterocycles. The number of hydrogen-bond acceptors (Lipinski definition) is 9. The third kappa shape index (κ3) is 6.48. The number of halogens is 1. The topological polar surface area (TPSA) is 92.3 Å². The number of allylic oxidation sites excluding steroid dienone is 2. The average molecular weight is 600 g/mol. The Morgan fingerprint density at radius 3 is 2.60 bits per heavy atom. The zero-order chi connectivity index (χ0) is 29.7. The van der Waals surface area contributed by atoms with E-state index < -0.39 is 17.9 Å². The Kier molecular flexibility index (Phi) is 8.06. The van der Waals surface area contributed by atoms with Crippen molar-refractivity contribution in [3.8, 4) is 0 Å². The molecule has 0 radical (unpaired) electrons. The molecule has 3 saturated heterocycles. The minimum Gasteiger partial charge on any atom is -0.494 e. The molecule has 1 aromatic carbocycles. The summed E-state index contributed by atoms with van der Waals surface area (Å²) < 4.78 is 37.1. The van der Waals surface area contributed by atoms with Crippen LogP contribution in [0.15, 0.2) is 54.4 Å². The minimum atomic E-state index is -0.790. The molecule has 1 unspecified atom stereocenters. The summed E-state index contributed by atoms with van der Waals surface area (Å²) in [6.07, 6.45) is 6.33. The van der Waals surface area contributed by atoms with Crippen LogP contribution in [0, 0.1) is 11.3 Å². The molecule has 228 valence electrons. The van der Waals surface area contributed by atoms with Crippen molar-refractivity contribution in [3.05, 3.63) is 59.5 Å². The van der Waals surface area contributed by atoms with E-state index in [1.165, 1.54) is 0 Å². The molecular weight excluding hydrogens is 558 g/mol. The molecule has 4 heterocycles. The van der Waals surface area contributed by atoms with Gasteiger partial charge >= 0.3 is 0 Å². The van der Waals surface area contributed by atoms with Crippen LogP contribution in [0.4, 0.5) is 5.69 Å². The van der Waals surface area contributed by atoms with Crippen LogP contribution in [0.25, 0.3) is 10.9 Å². The Hall–Kier alpha value is -2.24. The standard InChI is InChI=1S/C32H42ClN3O6/c1-30(2,18-36-22-12-13-35-23-14-20(33)10-11-21(22)23)17-34-15-19-8-7-9-24(19)37-16-25-26-27(40-31(3,4)39-25)28-29(38-26)42-32(5,6)41-28/h7-14,19,25-29,34H,15-18H2,1-6H3,(H,35,36)/t19?,25-,26-,27+,28-,29-/m1/s1. The van der Waals surface area contributed by atoms with Crippen molar-refractivity contribution in [1.29, 1.82) is 0 Å². The van der Waals surface area contributed by atoms with E-state index in [1.807, 2.05) is 70.3 Å². The SMILES string of the molecule is CC(C)(CNCC1C=CC=C1OC[C@H]1OC(C)(C)O[C@@H]2[C@H]3OC(C)(C)O[C@H]3O[C@@H]21)CNc1ccnc2cc(Cl)ccc12. The number of aromatic nitrogens is 1. The van der Waals surface area contributed by atoms with E-state index in [1.54, 1.807) is 0 Å². The molecule has 3 fully saturated rings. The van der Waals surface area contributed by atoms with Crippen molar-refractivity contribution < 1.29 is 28.4 Å². The normalized spacial score (nSPS) is 31.2. The number of anilines is 1. The minimum absolute atomic E-state index is 0.00217. The Morgan fingerprint density at radius 1 is 0.976 bits per heavy atom. The zero-order valence-electron chi connectivity index (χ0n) is 25.2. The number of fused-ring (bicyclic) bond motifs is 4. The van der Waals surface area contributed by atoms with Crippen LogP contribution in [-0.2, 0) is 28.4 Å². The van der Waals surface area contributed by atoms with Crippen molar-refractivity contribution in [1.82, 2.24) is 10.3 Å². The van der Waals surface area contributed by atoms with Gasteiger partial charge in [0.2, 0.25) is 0 Å². The van der Waals surface area contributed by atoms with Crippen LogP contribution in [0.2, 0.25) is 5.02 Å². The smallest absolute Gasteiger partial charge is 0.190 e. The summed E-state index contributed by atoms with van der Waals surface area (Å²) in [7, 11) is 0. The van der Waals surface area contributed by atoms with Crippen LogP contribution in [0.3, 0.4) is 0 Å². The summed E-state index contributed by atoms with van der Waals surface area (Å²) in [5, 5.41) is 9.01. The van der Waals surface area contributed by atoms with Gasteiger partial charge in [0.05, 0.1) is 5.52 Å². The van der Waals surface area contributed by atoms with E-state index >= 15 is 0 Å². The lowest BCUT2D eigenvalue weighted by Crippen LogP contribution is -2.57. The third-order valence-electron chi connectivity index (χ3n) is 8.06. The Bertz CT molecular complexity index is 1360. The monoisotopic (exact) mass is 599 g/mol. The van der Waals surface area contributed by atoms with E-state index in [0.29, 0.717) is 11.6 Å². The second-order valence-electron chi connectivity index (χ2n) is 13.2. The van der Waals surface area contributed by atoms with Gasteiger partial charge in [-0.05, 0) is 63.5 Å². The molecule has 0 saturated carbocycles. The zero-order valence-corrected chi connectivity index (χ0v) is 25.9. The summed E-state index contributed by atoms with van der Waals surface area (Å²) in [6, 6.07) is 7.80. The maximum atomic E-state index is 6.35. The fourth-order valence-corrected chi connectivity index (χ4v) is 6.26. The molecule has 6 atom stereocenters. The maximum absolute atomic E-state index is 6.35. The van der Waals surface area contributed by atoms with E-state index in [2.05, 4.69) is 35.5 Å². The van der Waals surface area contributed by atoms with Crippen LogP contribution < -0.4 is 10.6 Å². The van der Waals surface area contributed by atoms with Crippen LogP contribution in [0.1, 0.15) is 41.5 Å². The van der Waals surface area contributed by atoms with Gasteiger partial charge in [0.15, 0.2) is 17.9 Å². The Labute approximate surface area is 252 Å². The molecular formula is C32H42ClN3O6. The molecule has 42 heavy (non-hydrogen) atoms. The van der Waals surface area contributed by atoms with E-state index in [9.17, 15) is 0 Å². The van der Waals surface area contributed by atoms with Crippen molar-refractivity contribution >= 4 is 28.2 Å². The third-order valence-corrected chi connectivity index (χ3v) is 8.30. The lowest BCUT2D eigenvalue weighted by atomic mass is 9.93. The van der Waals surface area contributed by atoms with E-state index in [-0.39, 0.29) is 35.7 Å². The number of benzene rings is 1. The van der Waals surface area contributed by atoms with E-state index in [0.717, 1.165) is 42.0 Å². The molecule has 0 amide bonds. The van der Waals surface area contributed by atoms with Crippen LogP contribution in [-0.4, -0.2) is 73.5 Å². The van der Waals surface area contributed by atoms with Gasteiger partial charge in [0.25, 0.3) is 0 Å². The van der Waals surface area contributed by atoms with Crippen molar-refractivity contribution in [3.63, 3.8) is 0 Å². The molecule has 1 aliphatic carbocycles. The van der Waals surface area contributed by atoms with Gasteiger partial charge in [0, 0.05) is 47.8 Å². The van der Waals surface area contributed by atoms with Gasteiger partial charge in [-0.3, -0.25) is 4.98 Å². The second kappa shape index (κ2) is 11.4. The quantitative estimate of drug-likeness (QED) is 0.372. The molecule has 2 N–H and O–H groups in total. The number of rotatable bonds is 10. The number of hydrogen-bond donors (Lipinski definition) is 2. The highest BCUT2D eigenvalue weighted by atomic mass is 35.5. The highest BCUT2D eigenvalue weighted by molar-refractivity contribution is 6.31. The largest absolute Gasteiger partial charge is 0.494 e. The summed E-state index contributed by atoms with van der Waals surface area (Å²) in [5.41, 5.74) is 1.94. The number of pyridine rings is 1. The van der Waals surface area contributed by atoms with Gasteiger partial charge in [0.1, 0.15) is 36.8 Å². The first-order valence-corrected chi connectivity index (χ1v) is 15.1. The first kappa shape index (κ1) is 29.8. The van der Waals surface area contributed by atoms with Gasteiger partial charge < -0.3 is 39.1 Å². The Balaban J connectivity index is 0.992. The summed E-state index contributed by atoms with van der Waals surface area (Å²) in [4.78, 5) is 4.44. The summed E-state index contributed by atoms with van der Waals surface area (Å²) >= 11 is 6.15. The molecule has 9 nitrogen and oxygen atoms in total. The predicted molar refractivity (Wildman–Crippen MR) is 161 cm³/mol. The molecule has 0 spiro atoms. The second-order valence-corrected chi connectivity index (χ2v) is 13.7. The van der Waals surface area contributed by atoms with Gasteiger partial charge in [-0.25, -0.2) is 0 Å². The molecule has 4 aliphatic rings. The highest BCUT2D eigenvalue weighted by Crippen LogP contribution is 2.44.